The van der Waals surface area contributed by atoms with E-state index >= 15 is 0 Å². The Hall–Kier alpha value is -0.800. The molecule has 6 nitrogen and oxygen atoms in total. The van der Waals surface area contributed by atoms with Gasteiger partial charge in [0.1, 0.15) is 0 Å². The summed E-state index contributed by atoms with van der Waals surface area (Å²) in [6.45, 7) is 1.39. The molecule has 100 valence electrons. The lowest BCUT2D eigenvalue weighted by Crippen LogP contribution is -2.40. The largest absolute Gasteiger partial charge is 0.768 e. The van der Waals surface area contributed by atoms with Crippen LogP contribution in [0.15, 0.2) is 34.1 Å². The third kappa shape index (κ3) is 2.78. The molecule has 0 bridgehead atoms. The molecule has 1 aliphatic heterocycles. The number of ether oxygens (including phenoxy) is 1. The fraction of sp³-hybridized carbons (Fsp3) is 0.400. The molecule has 1 aliphatic rings. The molecule has 1 saturated heterocycles. The van der Waals surface area contributed by atoms with Crippen molar-refractivity contribution < 1.29 is 21.9 Å². The van der Waals surface area contributed by atoms with Gasteiger partial charge in [0, 0.05) is 18.0 Å². The van der Waals surface area contributed by atoms with E-state index in [1.165, 1.54) is 28.6 Å². The van der Waals surface area contributed by atoms with Crippen molar-refractivity contribution in [1.29, 1.82) is 0 Å². The highest BCUT2D eigenvalue weighted by atomic mass is 32.2. The topological polar surface area (TPSA) is 86.7 Å². The summed E-state index contributed by atoms with van der Waals surface area (Å²) in [5, 5.41) is 0. The van der Waals surface area contributed by atoms with Crippen LogP contribution in [0.1, 0.15) is 0 Å². The molecular weight excluding hydrogens is 278 g/mol. The van der Waals surface area contributed by atoms with E-state index in [0.717, 1.165) is 0 Å². The Kier molecular flexibility index (Phi) is 4.13. The van der Waals surface area contributed by atoms with Crippen LogP contribution in [0.5, 0.6) is 0 Å². The average molecular weight is 290 g/mol. The summed E-state index contributed by atoms with van der Waals surface area (Å²) in [5.41, 5.74) is 0. The van der Waals surface area contributed by atoms with E-state index in [1.807, 2.05) is 0 Å². The average Bonchev–Trinajstić information content (AvgIpc) is 2.40. The van der Waals surface area contributed by atoms with Crippen LogP contribution in [0.4, 0.5) is 0 Å². The number of morpholine rings is 1. The molecule has 1 fully saturated rings. The summed E-state index contributed by atoms with van der Waals surface area (Å²) in [7, 11) is -3.55. The predicted octanol–water partition coefficient (Wildman–Crippen LogP) is -0.0545. The molecule has 1 atom stereocenters. The first kappa shape index (κ1) is 13.6. The minimum Gasteiger partial charge on any atom is -0.768 e. The van der Waals surface area contributed by atoms with Crippen molar-refractivity contribution in [3.05, 3.63) is 24.3 Å². The van der Waals surface area contributed by atoms with Gasteiger partial charge >= 0.3 is 0 Å². The van der Waals surface area contributed by atoms with E-state index < -0.39 is 21.1 Å². The lowest BCUT2D eigenvalue weighted by Gasteiger charge is -2.26. The van der Waals surface area contributed by atoms with Gasteiger partial charge in [0.25, 0.3) is 0 Å². The lowest BCUT2D eigenvalue weighted by atomic mass is 10.4. The molecule has 1 unspecified atom stereocenters. The van der Waals surface area contributed by atoms with Crippen LogP contribution >= 0.6 is 0 Å². The van der Waals surface area contributed by atoms with Crippen LogP contribution in [0.3, 0.4) is 0 Å². The van der Waals surface area contributed by atoms with Crippen molar-refractivity contribution in [2.45, 2.75) is 9.79 Å². The predicted molar refractivity (Wildman–Crippen MR) is 63.2 cm³/mol. The van der Waals surface area contributed by atoms with Gasteiger partial charge in [-0.3, -0.25) is 4.21 Å². The quantitative estimate of drug-likeness (QED) is 0.728. The summed E-state index contributed by atoms with van der Waals surface area (Å²) in [6, 6.07) is 5.15. The van der Waals surface area contributed by atoms with Crippen LogP contribution in [0.25, 0.3) is 0 Å². The lowest BCUT2D eigenvalue weighted by molar-refractivity contribution is 0.0730. The van der Waals surface area contributed by atoms with Crippen molar-refractivity contribution in [3.63, 3.8) is 0 Å². The Labute approximate surface area is 108 Å². The zero-order chi connectivity index (χ0) is 13.2. The first-order chi connectivity index (χ1) is 8.51. The van der Waals surface area contributed by atoms with E-state index in [2.05, 4.69) is 0 Å². The number of rotatable bonds is 3. The normalized spacial score (nSPS) is 19.6. The second kappa shape index (κ2) is 5.45. The molecule has 0 spiro atoms. The van der Waals surface area contributed by atoms with Crippen LogP contribution in [-0.2, 0) is 25.8 Å². The smallest absolute Gasteiger partial charge is 0.243 e. The van der Waals surface area contributed by atoms with Crippen LogP contribution in [0, 0.1) is 0 Å². The third-order valence-electron chi connectivity index (χ3n) is 2.62. The molecule has 0 N–H and O–H groups in total. The molecule has 0 radical (unpaired) electrons. The van der Waals surface area contributed by atoms with Gasteiger partial charge in [-0.1, -0.05) is 0 Å². The van der Waals surface area contributed by atoms with Gasteiger partial charge in [-0.05, 0) is 35.3 Å². The molecule has 0 saturated carbocycles. The minimum absolute atomic E-state index is 0.0657. The summed E-state index contributed by atoms with van der Waals surface area (Å²) < 4.78 is 52.2. The molecular formula is C10H12NO5S2-. The van der Waals surface area contributed by atoms with Gasteiger partial charge in [0.15, 0.2) is 0 Å². The van der Waals surface area contributed by atoms with Gasteiger partial charge in [-0.2, -0.15) is 4.31 Å². The highest BCUT2D eigenvalue weighted by Crippen LogP contribution is 2.18. The number of hydrogen-bond donors (Lipinski definition) is 0. The zero-order valence-corrected chi connectivity index (χ0v) is 11.1. The van der Waals surface area contributed by atoms with E-state index in [0.29, 0.717) is 26.3 Å². The molecule has 2 rings (SSSR count). The third-order valence-corrected chi connectivity index (χ3v) is 5.19. The van der Waals surface area contributed by atoms with Gasteiger partial charge in [0.2, 0.25) is 10.0 Å². The molecule has 1 aromatic carbocycles. The van der Waals surface area contributed by atoms with E-state index in [4.69, 9.17) is 4.74 Å². The number of benzene rings is 1. The van der Waals surface area contributed by atoms with Gasteiger partial charge in [0.05, 0.1) is 18.1 Å². The van der Waals surface area contributed by atoms with Crippen LogP contribution < -0.4 is 0 Å². The summed E-state index contributed by atoms with van der Waals surface area (Å²) in [5.74, 6) is 0. The molecule has 0 amide bonds. The number of nitrogens with zero attached hydrogens (tertiary/aromatic N) is 1. The summed E-state index contributed by atoms with van der Waals surface area (Å²) in [6.07, 6.45) is 0. The van der Waals surface area contributed by atoms with Crippen LogP contribution in [0.2, 0.25) is 0 Å². The fourth-order valence-corrected chi connectivity index (χ4v) is 3.43. The standard InChI is InChI=1S/C10H13NO5S2/c12-17(13)9-1-3-10(4-2-9)18(14,15)11-5-7-16-8-6-11/h1-4H,5-8H2,(H,12,13)/p-1. The van der Waals surface area contributed by atoms with E-state index in [9.17, 15) is 17.2 Å². The van der Waals surface area contributed by atoms with Gasteiger partial charge in [-0.15, -0.1) is 0 Å². The molecule has 0 aromatic heterocycles. The maximum absolute atomic E-state index is 12.2. The van der Waals surface area contributed by atoms with Crippen molar-refractivity contribution in [3.8, 4) is 0 Å². The molecule has 18 heavy (non-hydrogen) atoms. The Morgan fingerprint density at radius 3 is 2.22 bits per heavy atom. The first-order valence-corrected chi connectivity index (χ1v) is 7.80. The maximum Gasteiger partial charge on any atom is 0.243 e. The molecule has 1 heterocycles. The number of sulfonamides is 1. The second-order valence-electron chi connectivity index (χ2n) is 3.72. The summed E-state index contributed by atoms with van der Waals surface area (Å²) >= 11 is -2.35. The Morgan fingerprint density at radius 2 is 1.72 bits per heavy atom. The Bertz CT molecular complexity index is 534. The highest BCUT2D eigenvalue weighted by molar-refractivity contribution is 7.89. The van der Waals surface area contributed by atoms with E-state index in [1.54, 1.807) is 0 Å². The van der Waals surface area contributed by atoms with Gasteiger partial charge in [-0.25, -0.2) is 8.42 Å². The molecule has 8 heteroatoms. The van der Waals surface area contributed by atoms with Crippen molar-refractivity contribution in [2.24, 2.45) is 0 Å². The second-order valence-corrected chi connectivity index (χ2v) is 6.60. The molecule has 1 aromatic rings. The van der Waals surface area contributed by atoms with Gasteiger partial charge < -0.3 is 9.29 Å². The van der Waals surface area contributed by atoms with Crippen LogP contribution in [-0.4, -0.2) is 47.8 Å². The first-order valence-electron chi connectivity index (χ1n) is 5.29. The Morgan fingerprint density at radius 1 is 1.17 bits per heavy atom. The van der Waals surface area contributed by atoms with Crippen molar-refractivity contribution in [2.75, 3.05) is 26.3 Å². The van der Waals surface area contributed by atoms with E-state index in [-0.39, 0.29) is 9.79 Å². The minimum atomic E-state index is -3.55. The monoisotopic (exact) mass is 290 g/mol. The fourth-order valence-electron chi connectivity index (χ4n) is 1.66. The molecule has 0 aliphatic carbocycles. The Balaban J connectivity index is 2.26. The highest BCUT2D eigenvalue weighted by Gasteiger charge is 2.25. The SMILES string of the molecule is O=S([O-])c1ccc(S(=O)(=O)N2CCOCC2)cc1. The van der Waals surface area contributed by atoms with Crippen molar-refractivity contribution in [1.82, 2.24) is 4.31 Å². The summed E-state index contributed by atoms with van der Waals surface area (Å²) in [4.78, 5) is 0.162. The zero-order valence-electron chi connectivity index (χ0n) is 9.44. The van der Waals surface area contributed by atoms with Crippen molar-refractivity contribution >= 4 is 21.1 Å². The number of hydrogen-bond acceptors (Lipinski definition) is 5. The maximum atomic E-state index is 12.2.